The Balaban J connectivity index is 2.14. The second-order valence-corrected chi connectivity index (χ2v) is 5.58. The maximum atomic E-state index is 11.3. The molecule has 6 heteroatoms. The van der Waals surface area contributed by atoms with Crippen LogP contribution in [0.2, 0.25) is 0 Å². The minimum Gasteiger partial charge on any atom is -0.391 e. The lowest BCUT2D eigenvalue weighted by atomic mass is 10.3. The van der Waals surface area contributed by atoms with E-state index >= 15 is 0 Å². The Hall–Kier alpha value is -0.170. The van der Waals surface area contributed by atoms with E-state index in [4.69, 9.17) is 4.74 Å². The zero-order valence-corrected chi connectivity index (χ0v) is 9.09. The molecule has 1 aliphatic rings. The summed E-state index contributed by atoms with van der Waals surface area (Å²) in [7, 11) is -1.60. The summed E-state index contributed by atoms with van der Waals surface area (Å²) in [6, 6.07) is 0. The molecule has 0 aromatic heterocycles. The summed E-state index contributed by atoms with van der Waals surface area (Å²) in [6.45, 7) is 0.522. The third-order valence-electron chi connectivity index (χ3n) is 2.10. The lowest BCUT2D eigenvalue weighted by molar-refractivity contribution is 0.0603. The standard InChI is InChI=1S/C8H17NO4S/c1-13-6-7(10)4-5-9-14(11,12)8-2-3-8/h7-10H,2-6H2,1H3. The number of nitrogens with one attached hydrogen (secondary N) is 1. The van der Waals surface area contributed by atoms with E-state index in [0.717, 1.165) is 12.8 Å². The van der Waals surface area contributed by atoms with E-state index in [-0.39, 0.29) is 18.4 Å². The van der Waals surface area contributed by atoms with E-state index in [9.17, 15) is 13.5 Å². The van der Waals surface area contributed by atoms with Gasteiger partial charge in [-0.25, -0.2) is 13.1 Å². The highest BCUT2D eigenvalue weighted by Gasteiger charge is 2.35. The molecule has 0 amide bonds. The van der Waals surface area contributed by atoms with Gasteiger partial charge >= 0.3 is 0 Å². The fourth-order valence-electron chi connectivity index (χ4n) is 1.14. The molecule has 0 radical (unpaired) electrons. The Morgan fingerprint density at radius 2 is 2.21 bits per heavy atom. The van der Waals surface area contributed by atoms with Gasteiger partial charge in [0.05, 0.1) is 18.0 Å². The molecule has 0 bridgehead atoms. The molecule has 1 atom stereocenters. The first-order valence-corrected chi connectivity index (χ1v) is 6.26. The largest absolute Gasteiger partial charge is 0.391 e. The van der Waals surface area contributed by atoms with Crippen LogP contribution in [-0.2, 0) is 14.8 Å². The zero-order valence-electron chi connectivity index (χ0n) is 8.27. The van der Waals surface area contributed by atoms with Crippen LogP contribution < -0.4 is 4.72 Å². The average Bonchev–Trinajstić information content (AvgIpc) is 2.86. The molecule has 1 unspecified atom stereocenters. The van der Waals surface area contributed by atoms with Gasteiger partial charge < -0.3 is 9.84 Å². The Kier molecular flexibility index (Phi) is 4.31. The van der Waals surface area contributed by atoms with E-state index in [1.165, 1.54) is 7.11 Å². The summed E-state index contributed by atoms with van der Waals surface area (Å²) in [5.74, 6) is 0. The normalized spacial score (nSPS) is 19.6. The highest BCUT2D eigenvalue weighted by Crippen LogP contribution is 2.27. The van der Waals surface area contributed by atoms with E-state index in [1.807, 2.05) is 0 Å². The maximum Gasteiger partial charge on any atom is 0.214 e. The molecule has 0 heterocycles. The van der Waals surface area contributed by atoms with Crippen LogP contribution >= 0.6 is 0 Å². The van der Waals surface area contributed by atoms with Crippen LogP contribution in [0.3, 0.4) is 0 Å². The highest BCUT2D eigenvalue weighted by molar-refractivity contribution is 7.90. The zero-order chi connectivity index (χ0) is 10.6. The molecular formula is C8H17NO4S. The number of methoxy groups -OCH3 is 1. The first kappa shape index (κ1) is 11.9. The van der Waals surface area contributed by atoms with E-state index < -0.39 is 16.1 Å². The number of aliphatic hydroxyl groups is 1. The van der Waals surface area contributed by atoms with Crippen molar-refractivity contribution in [2.24, 2.45) is 0 Å². The lowest BCUT2D eigenvalue weighted by Gasteiger charge is -2.09. The predicted molar refractivity (Wildman–Crippen MR) is 52.4 cm³/mol. The molecule has 0 aliphatic heterocycles. The van der Waals surface area contributed by atoms with Crippen molar-refractivity contribution in [3.05, 3.63) is 0 Å². The Morgan fingerprint density at radius 1 is 1.57 bits per heavy atom. The molecule has 0 aromatic carbocycles. The van der Waals surface area contributed by atoms with Gasteiger partial charge in [-0.1, -0.05) is 0 Å². The smallest absolute Gasteiger partial charge is 0.214 e. The Bertz CT molecular complexity index is 261. The molecule has 0 aromatic rings. The van der Waals surface area contributed by atoms with Gasteiger partial charge in [-0.15, -0.1) is 0 Å². The molecule has 0 spiro atoms. The second-order valence-electron chi connectivity index (χ2n) is 3.54. The van der Waals surface area contributed by atoms with Crippen molar-refractivity contribution in [1.29, 1.82) is 0 Å². The van der Waals surface area contributed by atoms with Gasteiger partial charge in [0, 0.05) is 13.7 Å². The van der Waals surface area contributed by atoms with Crippen molar-refractivity contribution in [2.45, 2.75) is 30.6 Å². The summed E-state index contributed by atoms with van der Waals surface area (Å²) in [4.78, 5) is 0. The monoisotopic (exact) mass is 223 g/mol. The molecular weight excluding hydrogens is 206 g/mol. The Morgan fingerprint density at radius 3 is 2.71 bits per heavy atom. The summed E-state index contributed by atoms with van der Waals surface area (Å²) in [5, 5.41) is 9.05. The van der Waals surface area contributed by atoms with Crippen LogP contribution in [0.15, 0.2) is 0 Å². The van der Waals surface area contributed by atoms with Crippen molar-refractivity contribution in [2.75, 3.05) is 20.3 Å². The quantitative estimate of drug-likeness (QED) is 0.608. The van der Waals surface area contributed by atoms with Crippen LogP contribution in [0.4, 0.5) is 0 Å². The fraction of sp³-hybridized carbons (Fsp3) is 1.00. The molecule has 0 saturated heterocycles. The second kappa shape index (κ2) is 5.06. The van der Waals surface area contributed by atoms with Crippen LogP contribution in [-0.4, -0.2) is 45.1 Å². The van der Waals surface area contributed by atoms with Crippen molar-refractivity contribution in [3.63, 3.8) is 0 Å². The number of sulfonamides is 1. The minimum absolute atomic E-state index is 0.193. The average molecular weight is 223 g/mol. The van der Waals surface area contributed by atoms with Gasteiger partial charge in [0.1, 0.15) is 0 Å². The fourth-order valence-corrected chi connectivity index (χ4v) is 2.53. The number of ether oxygens (including phenoxy) is 1. The summed E-state index contributed by atoms with van der Waals surface area (Å²) in [5.41, 5.74) is 0. The molecule has 1 rings (SSSR count). The van der Waals surface area contributed by atoms with Crippen molar-refractivity contribution >= 4 is 10.0 Å². The molecule has 2 N–H and O–H groups in total. The van der Waals surface area contributed by atoms with Crippen molar-refractivity contribution < 1.29 is 18.3 Å². The molecule has 14 heavy (non-hydrogen) atoms. The number of rotatable bonds is 7. The minimum atomic E-state index is -3.10. The molecule has 84 valence electrons. The van der Waals surface area contributed by atoms with E-state index in [2.05, 4.69) is 4.72 Å². The topological polar surface area (TPSA) is 75.6 Å². The SMILES string of the molecule is COCC(O)CCNS(=O)(=O)C1CC1. The molecule has 1 saturated carbocycles. The van der Waals surface area contributed by atoms with Gasteiger partial charge in [-0.3, -0.25) is 0 Å². The first-order valence-electron chi connectivity index (χ1n) is 4.71. The van der Waals surface area contributed by atoms with Crippen LogP contribution in [0, 0.1) is 0 Å². The van der Waals surface area contributed by atoms with Gasteiger partial charge in [-0.05, 0) is 19.3 Å². The summed E-state index contributed by atoms with van der Waals surface area (Å²) < 4.78 is 29.8. The number of hydrogen-bond acceptors (Lipinski definition) is 4. The predicted octanol–water partition coefficient (Wildman–Crippen LogP) is -0.534. The van der Waals surface area contributed by atoms with Crippen LogP contribution in [0.5, 0.6) is 0 Å². The van der Waals surface area contributed by atoms with Gasteiger partial charge in [-0.2, -0.15) is 0 Å². The van der Waals surface area contributed by atoms with Crippen LogP contribution in [0.25, 0.3) is 0 Å². The van der Waals surface area contributed by atoms with E-state index in [1.54, 1.807) is 0 Å². The summed E-state index contributed by atoms with van der Waals surface area (Å²) >= 11 is 0. The third-order valence-corrected chi connectivity index (χ3v) is 4.06. The maximum absolute atomic E-state index is 11.3. The Labute approximate surface area is 84.5 Å². The van der Waals surface area contributed by atoms with Gasteiger partial charge in [0.2, 0.25) is 10.0 Å². The molecule has 1 fully saturated rings. The number of hydrogen-bond donors (Lipinski definition) is 2. The van der Waals surface area contributed by atoms with Crippen LogP contribution in [0.1, 0.15) is 19.3 Å². The first-order chi connectivity index (χ1) is 6.56. The van der Waals surface area contributed by atoms with Gasteiger partial charge in [0.25, 0.3) is 0 Å². The van der Waals surface area contributed by atoms with Gasteiger partial charge in [0.15, 0.2) is 0 Å². The highest BCUT2D eigenvalue weighted by atomic mass is 32.2. The van der Waals surface area contributed by atoms with Crippen molar-refractivity contribution in [1.82, 2.24) is 4.72 Å². The summed E-state index contributed by atoms with van der Waals surface area (Å²) in [6.07, 6.45) is 1.31. The van der Waals surface area contributed by atoms with E-state index in [0.29, 0.717) is 6.42 Å². The molecule has 1 aliphatic carbocycles. The molecule has 5 nitrogen and oxygen atoms in total. The van der Waals surface area contributed by atoms with Crippen molar-refractivity contribution in [3.8, 4) is 0 Å². The lowest BCUT2D eigenvalue weighted by Crippen LogP contribution is -2.31. The third kappa shape index (κ3) is 3.91. The number of aliphatic hydroxyl groups excluding tert-OH is 1.